The Morgan fingerprint density at radius 2 is 2.10 bits per heavy atom. The lowest BCUT2D eigenvalue weighted by Gasteiger charge is -2.12. The van der Waals surface area contributed by atoms with E-state index in [-0.39, 0.29) is 23.5 Å². The minimum atomic E-state index is -0.536. The van der Waals surface area contributed by atoms with Gasteiger partial charge >= 0.3 is 5.97 Å². The molecule has 5 nitrogen and oxygen atoms in total. The van der Waals surface area contributed by atoms with Crippen molar-refractivity contribution >= 4 is 17.3 Å². The monoisotopic (exact) mass is 297 g/mol. The van der Waals surface area contributed by atoms with Crippen LogP contribution in [0.2, 0.25) is 0 Å². The number of nitrogens with one attached hydrogen (secondary N) is 1. The van der Waals surface area contributed by atoms with Crippen molar-refractivity contribution in [2.75, 3.05) is 44.8 Å². The molecule has 0 radical (unpaired) electrons. The maximum atomic E-state index is 13.8. The van der Waals surface area contributed by atoms with Crippen LogP contribution >= 0.6 is 0 Å². The number of carbonyl (C=O) groups is 1. The summed E-state index contributed by atoms with van der Waals surface area (Å²) in [4.78, 5) is 13.8. The standard InChI is InChI=1S/C15H24FN3O2/c1-4-21-15(20)11-9-14(12(16)10-13(11)17)18-7-5-6-8-19(2)3/h9-10,18H,4-8,17H2,1-3H3. The number of anilines is 2. The molecule has 6 heteroatoms. The lowest BCUT2D eigenvalue weighted by molar-refractivity contribution is 0.0527. The highest BCUT2D eigenvalue weighted by Crippen LogP contribution is 2.23. The van der Waals surface area contributed by atoms with Gasteiger partial charge in [0.25, 0.3) is 0 Å². The number of hydrogen-bond donors (Lipinski definition) is 2. The summed E-state index contributed by atoms with van der Waals surface area (Å²) >= 11 is 0. The number of nitrogens with two attached hydrogens (primary N) is 1. The van der Waals surface area contributed by atoms with Crippen LogP contribution in [-0.4, -0.2) is 44.7 Å². The highest BCUT2D eigenvalue weighted by molar-refractivity contribution is 5.96. The summed E-state index contributed by atoms with van der Waals surface area (Å²) in [5.41, 5.74) is 6.21. The van der Waals surface area contributed by atoms with E-state index in [1.807, 2.05) is 14.1 Å². The van der Waals surface area contributed by atoms with Crippen LogP contribution in [0, 0.1) is 5.82 Å². The van der Waals surface area contributed by atoms with Gasteiger partial charge in [0.05, 0.1) is 17.9 Å². The largest absolute Gasteiger partial charge is 0.462 e. The highest BCUT2D eigenvalue weighted by atomic mass is 19.1. The first-order chi connectivity index (χ1) is 9.95. The third-order valence-electron chi connectivity index (χ3n) is 2.98. The Morgan fingerprint density at radius 1 is 1.38 bits per heavy atom. The van der Waals surface area contributed by atoms with Gasteiger partial charge < -0.3 is 20.7 Å². The summed E-state index contributed by atoms with van der Waals surface area (Å²) < 4.78 is 18.7. The van der Waals surface area contributed by atoms with E-state index in [1.165, 1.54) is 6.07 Å². The smallest absolute Gasteiger partial charge is 0.340 e. The molecule has 118 valence electrons. The molecule has 3 N–H and O–H groups in total. The normalized spacial score (nSPS) is 10.7. The molecule has 1 aromatic rings. The van der Waals surface area contributed by atoms with Crippen molar-refractivity contribution in [3.63, 3.8) is 0 Å². The fourth-order valence-electron chi connectivity index (χ4n) is 1.89. The molecule has 0 aliphatic rings. The number of unbranched alkanes of at least 4 members (excludes halogenated alkanes) is 1. The maximum Gasteiger partial charge on any atom is 0.340 e. The summed E-state index contributed by atoms with van der Waals surface area (Å²) in [5.74, 6) is -1.00. The minimum absolute atomic E-state index is 0.0871. The molecule has 0 aromatic heterocycles. The van der Waals surface area contributed by atoms with Gasteiger partial charge in [0.1, 0.15) is 5.82 Å². The maximum absolute atomic E-state index is 13.8. The van der Waals surface area contributed by atoms with Gasteiger partial charge in [-0.2, -0.15) is 0 Å². The van der Waals surface area contributed by atoms with Crippen molar-refractivity contribution in [2.45, 2.75) is 19.8 Å². The zero-order valence-electron chi connectivity index (χ0n) is 12.9. The zero-order valence-corrected chi connectivity index (χ0v) is 12.9. The van der Waals surface area contributed by atoms with Gasteiger partial charge in [-0.15, -0.1) is 0 Å². The van der Waals surface area contributed by atoms with Crippen LogP contribution in [-0.2, 0) is 4.74 Å². The van der Waals surface area contributed by atoms with Crippen LogP contribution in [0.5, 0.6) is 0 Å². The minimum Gasteiger partial charge on any atom is -0.462 e. The number of nitrogens with zero attached hydrogens (tertiary/aromatic N) is 1. The quantitative estimate of drug-likeness (QED) is 0.438. The number of esters is 1. The van der Waals surface area contributed by atoms with Crippen LogP contribution in [0.1, 0.15) is 30.1 Å². The number of halogens is 1. The van der Waals surface area contributed by atoms with Gasteiger partial charge in [-0.3, -0.25) is 0 Å². The van der Waals surface area contributed by atoms with Crippen molar-refractivity contribution in [2.24, 2.45) is 0 Å². The van der Waals surface area contributed by atoms with Gasteiger partial charge in [0, 0.05) is 12.2 Å². The molecule has 0 fully saturated rings. The predicted octanol–water partition coefficient (Wildman–Crippen LogP) is 2.34. The molecule has 0 aliphatic carbocycles. The van der Waals surface area contributed by atoms with Crippen molar-refractivity contribution in [3.05, 3.63) is 23.5 Å². The summed E-state index contributed by atoms with van der Waals surface area (Å²) in [5, 5.41) is 2.99. The highest BCUT2D eigenvalue weighted by Gasteiger charge is 2.15. The van der Waals surface area contributed by atoms with Crippen LogP contribution < -0.4 is 11.1 Å². The third-order valence-corrected chi connectivity index (χ3v) is 2.98. The van der Waals surface area contributed by atoms with E-state index in [4.69, 9.17) is 10.5 Å². The van der Waals surface area contributed by atoms with E-state index in [2.05, 4.69) is 10.2 Å². The van der Waals surface area contributed by atoms with E-state index >= 15 is 0 Å². The number of benzene rings is 1. The molecule has 21 heavy (non-hydrogen) atoms. The molecule has 0 bridgehead atoms. The van der Waals surface area contributed by atoms with Gasteiger partial charge in [0.2, 0.25) is 0 Å². The SMILES string of the molecule is CCOC(=O)c1cc(NCCCCN(C)C)c(F)cc1N. The van der Waals surface area contributed by atoms with E-state index < -0.39 is 11.8 Å². The third kappa shape index (κ3) is 5.59. The fraction of sp³-hybridized carbons (Fsp3) is 0.533. The van der Waals surface area contributed by atoms with Crippen molar-refractivity contribution < 1.29 is 13.9 Å². The van der Waals surface area contributed by atoms with E-state index in [9.17, 15) is 9.18 Å². The zero-order chi connectivity index (χ0) is 15.8. The molecular weight excluding hydrogens is 273 g/mol. The Bertz CT molecular complexity index is 478. The predicted molar refractivity (Wildman–Crippen MR) is 83.0 cm³/mol. The van der Waals surface area contributed by atoms with Crippen LogP contribution in [0.3, 0.4) is 0 Å². The first-order valence-corrected chi connectivity index (χ1v) is 7.10. The Balaban J connectivity index is 2.65. The first-order valence-electron chi connectivity index (χ1n) is 7.10. The summed E-state index contributed by atoms with van der Waals surface area (Å²) in [6.45, 7) is 3.58. The number of nitrogen functional groups attached to an aromatic ring is 1. The number of carbonyl (C=O) groups excluding carboxylic acids is 1. The summed E-state index contributed by atoms with van der Waals surface area (Å²) in [6, 6.07) is 2.56. The Labute approximate surface area is 125 Å². The Morgan fingerprint density at radius 3 is 2.71 bits per heavy atom. The molecule has 0 aliphatic heterocycles. The average molecular weight is 297 g/mol. The van der Waals surface area contributed by atoms with E-state index in [0.29, 0.717) is 6.54 Å². The molecule has 0 saturated carbocycles. The number of rotatable bonds is 8. The number of ether oxygens (including phenoxy) is 1. The van der Waals surface area contributed by atoms with Crippen molar-refractivity contribution in [1.29, 1.82) is 0 Å². The Hall–Kier alpha value is -1.82. The molecule has 0 spiro atoms. The molecule has 0 amide bonds. The lowest BCUT2D eigenvalue weighted by Crippen LogP contribution is -2.15. The van der Waals surface area contributed by atoms with E-state index in [0.717, 1.165) is 25.5 Å². The molecule has 0 unspecified atom stereocenters. The van der Waals surface area contributed by atoms with Crippen LogP contribution in [0.15, 0.2) is 12.1 Å². The Kier molecular flexibility index (Phi) is 6.94. The molecule has 0 heterocycles. The van der Waals surface area contributed by atoms with Gasteiger partial charge in [-0.05, 0) is 52.5 Å². The van der Waals surface area contributed by atoms with Crippen molar-refractivity contribution in [3.8, 4) is 0 Å². The molecule has 1 aromatic carbocycles. The van der Waals surface area contributed by atoms with Gasteiger partial charge in [0.15, 0.2) is 0 Å². The van der Waals surface area contributed by atoms with Crippen LogP contribution in [0.4, 0.5) is 15.8 Å². The fourth-order valence-corrected chi connectivity index (χ4v) is 1.89. The summed E-state index contributed by atoms with van der Waals surface area (Å²) in [7, 11) is 4.03. The summed E-state index contributed by atoms with van der Waals surface area (Å²) in [6.07, 6.45) is 1.93. The second-order valence-corrected chi connectivity index (χ2v) is 5.08. The lowest BCUT2D eigenvalue weighted by atomic mass is 10.1. The topological polar surface area (TPSA) is 67.6 Å². The van der Waals surface area contributed by atoms with Crippen molar-refractivity contribution in [1.82, 2.24) is 4.90 Å². The molecular formula is C15H24FN3O2. The first kappa shape index (κ1) is 17.2. The molecule has 0 atom stereocenters. The van der Waals surface area contributed by atoms with Gasteiger partial charge in [-0.25, -0.2) is 9.18 Å². The molecule has 1 rings (SSSR count). The van der Waals surface area contributed by atoms with Gasteiger partial charge in [-0.1, -0.05) is 0 Å². The average Bonchev–Trinajstić information content (AvgIpc) is 2.40. The second-order valence-electron chi connectivity index (χ2n) is 5.08. The van der Waals surface area contributed by atoms with Crippen LogP contribution in [0.25, 0.3) is 0 Å². The second kappa shape index (κ2) is 8.46. The molecule has 0 saturated heterocycles. The van der Waals surface area contributed by atoms with E-state index in [1.54, 1.807) is 6.92 Å². The number of hydrogen-bond acceptors (Lipinski definition) is 5.